The molecule has 2 aliphatic heterocycles. The number of carbonyl (C=O) groups excluding carboxylic acids is 2. The first-order valence-electron chi connectivity index (χ1n) is 8.39. The number of nitrogens with one attached hydrogen (secondary N) is 1. The van der Waals surface area contributed by atoms with E-state index in [2.05, 4.69) is 5.32 Å². The van der Waals surface area contributed by atoms with Crippen molar-refractivity contribution in [2.24, 2.45) is 11.8 Å². The molecule has 0 aliphatic carbocycles. The number of hydrogen-bond donors (Lipinski definition) is 1. The van der Waals surface area contributed by atoms with Crippen molar-refractivity contribution in [3.8, 4) is 0 Å². The Kier molecular flexibility index (Phi) is 6.49. The summed E-state index contributed by atoms with van der Waals surface area (Å²) in [6.07, 6.45) is 4.10. The minimum absolute atomic E-state index is 0.0553. The van der Waals surface area contributed by atoms with Gasteiger partial charge in [0.15, 0.2) is 0 Å². The molecular formula is C16H29N3O3. The summed E-state index contributed by atoms with van der Waals surface area (Å²) < 4.78 is 4.98. The van der Waals surface area contributed by atoms with E-state index in [1.54, 1.807) is 14.0 Å². The van der Waals surface area contributed by atoms with E-state index in [9.17, 15) is 9.59 Å². The Morgan fingerprint density at radius 3 is 2.36 bits per heavy atom. The molecule has 1 N–H and O–H groups in total. The fourth-order valence-corrected chi connectivity index (χ4v) is 3.57. The number of carbonyl (C=O) groups is 2. The average molecular weight is 311 g/mol. The molecule has 126 valence electrons. The molecular weight excluding hydrogens is 282 g/mol. The lowest BCUT2D eigenvalue weighted by molar-refractivity contribution is -0.130. The van der Waals surface area contributed by atoms with Crippen LogP contribution in [0.2, 0.25) is 0 Å². The molecule has 22 heavy (non-hydrogen) atoms. The highest BCUT2D eigenvalue weighted by atomic mass is 16.5. The van der Waals surface area contributed by atoms with Crippen LogP contribution in [-0.4, -0.2) is 68.2 Å². The van der Waals surface area contributed by atoms with Gasteiger partial charge in [-0.25, -0.2) is 4.79 Å². The highest BCUT2D eigenvalue weighted by molar-refractivity contribution is 5.74. The summed E-state index contributed by atoms with van der Waals surface area (Å²) in [4.78, 5) is 27.3. The Morgan fingerprint density at radius 2 is 1.73 bits per heavy atom. The quantitative estimate of drug-likeness (QED) is 0.779. The smallest absolute Gasteiger partial charge is 0.317 e. The molecule has 6 heteroatoms. The number of nitrogens with zero attached hydrogens (tertiary/aromatic N) is 2. The van der Waals surface area contributed by atoms with Crippen LogP contribution in [0, 0.1) is 11.8 Å². The van der Waals surface area contributed by atoms with E-state index in [1.165, 1.54) is 0 Å². The van der Waals surface area contributed by atoms with E-state index >= 15 is 0 Å². The molecule has 1 atom stereocenters. The summed E-state index contributed by atoms with van der Waals surface area (Å²) in [5, 5.41) is 2.96. The number of rotatable bonds is 5. The van der Waals surface area contributed by atoms with Crippen molar-refractivity contribution >= 4 is 11.9 Å². The van der Waals surface area contributed by atoms with Crippen LogP contribution in [0.25, 0.3) is 0 Å². The second-order valence-corrected chi connectivity index (χ2v) is 6.42. The summed E-state index contributed by atoms with van der Waals surface area (Å²) in [7, 11) is 1.67. The Bertz CT molecular complexity index is 381. The molecule has 1 unspecified atom stereocenters. The van der Waals surface area contributed by atoms with Gasteiger partial charge in [0.25, 0.3) is 0 Å². The van der Waals surface area contributed by atoms with E-state index in [0.29, 0.717) is 25.0 Å². The normalized spacial score (nSPS) is 22.9. The van der Waals surface area contributed by atoms with Gasteiger partial charge in [0.1, 0.15) is 0 Å². The van der Waals surface area contributed by atoms with Crippen LogP contribution < -0.4 is 5.32 Å². The van der Waals surface area contributed by atoms with Gasteiger partial charge < -0.3 is 19.9 Å². The van der Waals surface area contributed by atoms with Crippen LogP contribution in [0.15, 0.2) is 0 Å². The summed E-state index contributed by atoms with van der Waals surface area (Å²) >= 11 is 0. The first-order valence-corrected chi connectivity index (χ1v) is 8.39. The second-order valence-electron chi connectivity index (χ2n) is 6.42. The Labute approximate surface area is 133 Å². The van der Waals surface area contributed by atoms with Crippen LogP contribution >= 0.6 is 0 Å². The zero-order valence-corrected chi connectivity index (χ0v) is 13.8. The van der Waals surface area contributed by atoms with Crippen LogP contribution in [0.4, 0.5) is 4.79 Å². The highest BCUT2D eigenvalue weighted by Gasteiger charge is 2.33. The van der Waals surface area contributed by atoms with Gasteiger partial charge in [-0.05, 0) is 37.5 Å². The lowest BCUT2D eigenvalue weighted by Gasteiger charge is -2.34. The van der Waals surface area contributed by atoms with Gasteiger partial charge >= 0.3 is 6.03 Å². The number of likely N-dealkylation sites (tertiary alicyclic amines) is 2. The second kappa shape index (κ2) is 8.36. The molecule has 0 radical (unpaired) electrons. The average Bonchev–Trinajstić information content (AvgIpc) is 3.01. The summed E-state index contributed by atoms with van der Waals surface area (Å²) in [6.45, 7) is 6.46. The predicted molar refractivity (Wildman–Crippen MR) is 84.5 cm³/mol. The maximum Gasteiger partial charge on any atom is 0.317 e. The Balaban J connectivity index is 1.69. The number of piperidine rings is 1. The predicted octanol–water partition coefficient (Wildman–Crippen LogP) is 1.31. The van der Waals surface area contributed by atoms with Crippen molar-refractivity contribution in [2.45, 2.75) is 32.6 Å². The van der Waals surface area contributed by atoms with Gasteiger partial charge in [0.2, 0.25) is 5.91 Å². The largest absolute Gasteiger partial charge is 0.385 e. The highest BCUT2D eigenvalue weighted by Crippen LogP contribution is 2.31. The van der Waals surface area contributed by atoms with Gasteiger partial charge in [0.05, 0.1) is 0 Å². The summed E-state index contributed by atoms with van der Waals surface area (Å²) in [6, 6.07) is 0.0553. The monoisotopic (exact) mass is 311 g/mol. The van der Waals surface area contributed by atoms with Crippen LogP contribution in [0.5, 0.6) is 0 Å². The van der Waals surface area contributed by atoms with Crippen molar-refractivity contribution in [3.63, 3.8) is 0 Å². The molecule has 2 aliphatic rings. The lowest BCUT2D eigenvalue weighted by Crippen LogP contribution is -2.41. The first-order chi connectivity index (χ1) is 10.6. The topological polar surface area (TPSA) is 61.9 Å². The zero-order chi connectivity index (χ0) is 15.9. The van der Waals surface area contributed by atoms with Crippen molar-refractivity contribution in [2.75, 3.05) is 46.4 Å². The fraction of sp³-hybridized carbons (Fsp3) is 0.875. The van der Waals surface area contributed by atoms with Crippen LogP contribution in [-0.2, 0) is 9.53 Å². The minimum Gasteiger partial charge on any atom is -0.385 e. The fourth-order valence-electron chi connectivity index (χ4n) is 3.57. The standard InChI is InChI=1S/C16H29N3O3/c1-13(20)18-8-4-14(5-9-18)15-6-10-19(12-15)16(21)17-7-3-11-22-2/h14-15H,3-12H2,1-2H3,(H,17,21). The molecule has 6 nitrogen and oxygen atoms in total. The molecule has 2 heterocycles. The molecule has 2 fully saturated rings. The van der Waals surface area contributed by atoms with Crippen molar-refractivity contribution in [1.29, 1.82) is 0 Å². The molecule has 3 amide bonds. The van der Waals surface area contributed by atoms with Crippen LogP contribution in [0.1, 0.15) is 32.6 Å². The lowest BCUT2D eigenvalue weighted by atomic mass is 9.84. The minimum atomic E-state index is 0.0553. The summed E-state index contributed by atoms with van der Waals surface area (Å²) in [5.74, 6) is 1.43. The van der Waals surface area contributed by atoms with Crippen molar-refractivity contribution < 1.29 is 14.3 Å². The van der Waals surface area contributed by atoms with Crippen molar-refractivity contribution in [3.05, 3.63) is 0 Å². The maximum atomic E-state index is 12.1. The zero-order valence-electron chi connectivity index (χ0n) is 13.8. The van der Waals surface area contributed by atoms with Gasteiger partial charge in [-0.1, -0.05) is 0 Å². The Hall–Kier alpha value is -1.30. The van der Waals surface area contributed by atoms with Gasteiger partial charge in [0, 0.05) is 53.4 Å². The van der Waals surface area contributed by atoms with E-state index in [0.717, 1.165) is 51.9 Å². The molecule has 0 aromatic rings. The van der Waals surface area contributed by atoms with E-state index in [1.807, 2.05) is 9.80 Å². The third-order valence-electron chi connectivity index (χ3n) is 4.96. The molecule has 0 spiro atoms. The third kappa shape index (κ3) is 4.60. The molecule has 2 rings (SSSR count). The van der Waals surface area contributed by atoms with Crippen molar-refractivity contribution in [1.82, 2.24) is 15.1 Å². The number of urea groups is 1. The number of ether oxygens (including phenoxy) is 1. The third-order valence-corrected chi connectivity index (χ3v) is 4.96. The molecule has 0 aromatic heterocycles. The molecule has 0 bridgehead atoms. The van der Waals surface area contributed by atoms with Crippen LogP contribution in [0.3, 0.4) is 0 Å². The summed E-state index contributed by atoms with van der Waals surface area (Å²) in [5.41, 5.74) is 0. The number of amides is 3. The van der Waals surface area contributed by atoms with Gasteiger partial charge in [-0.15, -0.1) is 0 Å². The SMILES string of the molecule is COCCCNC(=O)N1CCC(C2CCN(C(C)=O)CC2)C1. The Morgan fingerprint density at radius 1 is 1.09 bits per heavy atom. The number of methoxy groups -OCH3 is 1. The van der Waals surface area contributed by atoms with E-state index in [4.69, 9.17) is 4.74 Å². The number of hydrogen-bond acceptors (Lipinski definition) is 3. The first kappa shape index (κ1) is 17.1. The van der Waals surface area contributed by atoms with Gasteiger partial charge in [-0.2, -0.15) is 0 Å². The maximum absolute atomic E-state index is 12.1. The van der Waals surface area contributed by atoms with Gasteiger partial charge in [-0.3, -0.25) is 4.79 Å². The molecule has 0 aromatic carbocycles. The molecule has 0 saturated carbocycles. The van der Waals surface area contributed by atoms with E-state index in [-0.39, 0.29) is 11.9 Å². The molecule has 2 saturated heterocycles. The van der Waals surface area contributed by atoms with E-state index < -0.39 is 0 Å².